The second-order valence-corrected chi connectivity index (χ2v) is 9.18. The molecule has 0 spiro atoms. The molecule has 0 saturated carbocycles. The van der Waals surface area contributed by atoms with Crippen molar-refractivity contribution in [3.63, 3.8) is 0 Å². The fraction of sp³-hybridized carbons (Fsp3) is 0.357. The summed E-state index contributed by atoms with van der Waals surface area (Å²) in [6.07, 6.45) is 1.85. The van der Waals surface area contributed by atoms with Crippen LogP contribution in [0.4, 0.5) is 0 Å². The van der Waals surface area contributed by atoms with E-state index in [1.165, 1.54) is 7.11 Å². The summed E-state index contributed by atoms with van der Waals surface area (Å²) in [5.41, 5.74) is 1.60. The van der Waals surface area contributed by atoms with Crippen molar-refractivity contribution < 1.29 is 28.5 Å². The van der Waals surface area contributed by atoms with Gasteiger partial charge in [-0.25, -0.2) is 9.97 Å². The number of esters is 2. The van der Waals surface area contributed by atoms with Crippen molar-refractivity contribution in [2.75, 3.05) is 14.2 Å². The van der Waals surface area contributed by atoms with Crippen LogP contribution in [0.5, 0.6) is 11.5 Å². The van der Waals surface area contributed by atoms with E-state index in [1.807, 2.05) is 48.5 Å². The van der Waals surface area contributed by atoms with Gasteiger partial charge in [-0.15, -0.1) is 0 Å². The molecule has 2 aromatic carbocycles. The first-order chi connectivity index (χ1) is 17.2. The lowest BCUT2D eigenvalue weighted by molar-refractivity contribution is -0.160. The predicted octanol–water partition coefficient (Wildman–Crippen LogP) is 4.79. The lowest BCUT2D eigenvalue weighted by Gasteiger charge is -2.22. The van der Waals surface area contributed by atoms with Crippen molar-refractivity contribution in [1.82, 2.24) is 9.97 Å². The van der Waals surface area contributed by atoms with Gasteiger partial charge in [-0.05, 0) is 57.0 Å². The Morgan fingerprint density at radius 1 is 0.944 bits per heavy atom. The van der Waals surface area contributed by atoms with Crippen LogP contribution in [0.3, 0.4) is 0 Å². The first-order valence-corrected chi connectivity index (χ1v) is 11.7. The van der Waals surface area contributed by atoms with Crippen LogP contribution in [0.2, 0.25) is 0 Å². The highest BCUT2D eigenvalue weighted by Crippen LogP contribution is 2.28. The van der Waals surface area contributed by atoms with Crippen molar-refractivity contribution in [3.8, 4) is 22.9 Å². The van der Waals surface area contributed by atoms with Gasteiger partial charge >= 0.3 is 11.9 Å². The van der Waals surface area contributed by atoms with Crippen LogP contribution < -0.4 is 9.47 Å². The number of carbonyl (C=O) groups is 2. The molecule has 0 fully saturated rings. The van der Waals surface area contributed by atoms with Crippen LogP contribution in [-0.2, 0) is 32.1 Å². The first-order valence-electron chi connectivity index (χ1n) is 11.7. The lowest BCUT2D eigenvalue weighted by Crippen LogP contribution is -2.28. The molecule has 0 aliphatic carbocycles. The number of rotatable bonds is 10. The second kappa shape index (κ2) is 12.2. The maximum Gasteiger partial charge on any atom is 0.309 e. The standard InChI is InChI=1S/C28H32N2O6/c1-28(2,3)36-25(31)17-20(27(32)34-5)16-19-10-6-8-12-23(19)35-18-21-14-15-29-26(30-21)22-11-7-9-13-24(22)33-4/h6-15,20H,16-18H2,1-5H3/t20-/m0/s1. The molecule has 3 aromatic rings. The number of methoxy groups -OCH3 is 2. The molecule has 0 amide bonds. The zero-order chi connectivity index (χ0) is 26.1. The molecule has 1 atom stereocenters. The van der Waals surface area contributed by atoms with Gasteiger partial charge in [-0.1, -0.05) is 30.3 Å². The number of hydrogen-bond donors (Lipinski definition) is 0. The maximum atomic E-state index is 12.4. The summed E-state index contributed by atoms with van der Waals surface area (Å²) >= 11 is 0. The summed E-state index contributed by atoms with van der Waals surface area (Å²) in [6.45, 7) is 5.55. The Hall–Kier alpha value is -3.94. The Morgan fingerprint density at radius 3 is 2.33 bits per heavy atom. The van der Waals surface area contributed by atoms with Gasteiger partial charge < -0.3 is 18.9 Å². The van der Waals surface area contributed by atoms with Gasteiger partial charge in [-0.2, -0.15) is 0 Å². The number of ether oxygens (including phenoxy) is 4. The van der Waals surface area contributed by atoms with Crippen molar-refractivity contribution in [1.29, 1.82) is 0 Å². The lowest BCUT2D eigenvalue weighted by atomic mass is 9.95. The summed E-state index contributed by atoms with van der Waals surface area (Å²) in [4.78, 5) is 33.8. The third-order valence-electron chi connectivity index (χ3n) is 5.24. The zero-order valence-corrected chi connectivity index (χ0v) is 21.3. The van der Waals surface area contributed by atoms with Gasteiger partial charge in [0.2, 0.25) is 0 Å². The molecule has 8 heteroatoms. The average Bonchev–Trinajstić information content (AvgIpc) is 2.86. The summed E-state index contributed by atoms with van der Waals surface area (Å²) in [5.74, 6) is 0.164. The molecule has 190 valence electrons. The molecular weight excluding hydrogens is 460 g/mol. The highest BCUT2D eigenvalue weighted by atomic mass is 16.6. The summed E-state index contributed by atoms with van der Waals surface area (Å²) in [7, 11) is 2.91. The van der Waals surface area contributed by atoms with Crippen molar-refractivity contribution in [3.05, 3.63) is 72.1 Å². The average molecular weight is 493 g/mol. The normalized spacial score (nSPS) is 11.9. The van der Waals surface area contributed by atoms with Gasteiger partial charge in [0, 0.05) is 6.20 Å². The van der Waals surface area contributed by atoms with E-state index in [0.717, 1.165) is 11.1 Å². The third-order valence-corrected chi connectivity index (χ3v) is 5.24. The van der Waals surface area contributed by atoms with Crippen LogP contribution in [0.25, 0.3) is 11.4 Å². The maximum absolute atomic E-state index is 12.4. The summed E-state index contributed by atoms with van der Waals surface area (Å²) in [5, 5.41) is 0. The Labute approximate surface area is 211 Å². The molecule has 1 heterocycles. The fourth-order valence-corrected chi connectivity index (χ4v) is 3.66. The molecule has 0 N–H and O–H groups in total. The van der Waals surface area contributed by atoms with Crippen LogP contribution in [0.1, 0.15) is 38.4 Å². The monoisotopic (exact) mass is 492 g/mol. The van der Waals surface area contributed by atoms with E-state index in [-0.39, 0.29) is 19.4 Å². The predicted molar refractivity (Wildman–Crippen MR) is 134 cm³/mol. The molecule has 0 saturated heterocycles. The van der Waals surface area contributed by atoms with Gasteiger partial charge in [0.25, 0.3) is 0 Å². The van der Waals surface area contributed by atoms with E-state index in [9.17, 15) is 9.59 Å². The zero-order valence-electron chi connectivity index (χ0n) is 21.3. The van der Waals surface area contributed by atoms with E-state index in [1.54, 1.807) is 40.1 Å². The number of para-hydroxylation sites is 2. The molecule has 36 heavy (non-hydrogen) atoms. The fourth-order valence-electron chi connectivity index (χ4n) is 3.66. The highest BCUT2D eigenvalue weighted by Gasteiger charge is 2.27. The van der Waals surface area contributed by atoms with Gasteiger partial charge in [0.15, 0.2) is 5.82 Å². The molecule has 3 rings (SSSR count). The van der Waals surface area contributed by atoms with E-state index in [2.05, 4.69) is 9.97 Å². The van der Waals surface area contributed by atoms with E-state index in [4.69, 9.17) is 18.9 Å². The minimum absolute atomic E-state index is 0.0908. The Morgan fingerprint density at radius 2 is 1.64 bits per heavy atom. The molecule has 0 unspecified atom stereocenters. The van der Waals surface area contributed by atoms with Crippen molar-refractivity contribution in [2.45, 2.75) is 45.8 Å². The Kier molecular flexibility index (Phi) is 9.00. The number of benzene rings is 2. The van der Waals surface area contributed by atoms with Gasteiger partial charge in [0.05, 0.1) is 37.8 Å². The molecule has 0 aliphatic rings. The van der Waals surface area contributed by atoms with Crippen molar-refractivity contribution in [2.24, 2.45) is 5.92 Å². The van der Waals surface area contributed by atoms with Crippen molar-refractivity contribution >= 4 is 11.9 Å². The van der Waals surface area contributed by atoms with Gasteiger partial charge in [-0.3, -0.25) is 9.59 Å². The van der Waals surface area contributed by atoms with Crippen LogP contribution in [0.15, 0.2) is 60.8 Å². The van der Waals surface area contributed by atoms with E-state index >= 15 is 0 Å². The SMILES string of the molecule is COC(=O)[C@H](CC(=O)OC(C)(C)C)Cc1ccccc1OCc1ccnc(-c2ccccc2OC)n1. The molecule has 1 aromatic heterocycles. The van der Waals surface area contributed by atoms with E-state index < -0.39 is 23.5 Å². The van der Waals surface area contributed by atoms with Gasteiger partial charge in [0.1, 0.15) is 23.7 Å². The molecule has 8 nitrogen and oxygen atoms in total. The highest BCUT2D eigenvalue weighted by molar-refractivity contribution is 5.80. The summed E-state index contributed by atoms with van der Waals surface area (Å²) < 4.78 is 21.8. The Balaban J connectivity index is 1.75. The molecule has 0 radical (unpaired) electrons. The topological polar surface area (TPSA) is 96.8 Å². The quantitative estimate of drug-likeness (QED) is 0.373. The molecular formula is C28H32N2O6. The number of aromatic nitrogens is 2. The first kappa shape index (κ1) is 26.7. The number of hydrogen-bond acceptors (Lipinski definition) is 8. The second-order valence-electron chi connectivity index (χ2n) is 9.18. The minimum Gasteiger partial charge on any atom is -0.496 e. The Bertz CT molecular complexity index is 1190. The third kappa shape index (κ3) is 7.53. The number of nitrogens with zero attached hydrogens (tertiary/aromatic N) is 2. The number of carbonyl (C=O) groups excluding carboxylic acids is 2. The van der Waals surface area contributed by atoms with Crippen LogP contribution >= 0.6 is 0 Å². The smallest absolute Gasteiger partial charge is 0.309 e. The van der Waals surface area contributed by atoms with Crippen LogP contribution in [0, 0.1) is 5.92 Å². The summed E-state index contributed by atoms with van der Waals surface area (Å²) in [6, 6.07) is 16.7. The molecule has 0 aliphatic heterocycles. The molecule has 0 bridgehead atoms. The van der Waals surface area contributed by atoms with Crippen LogP contribution in [-0.4, -0.2) is 41.7 Å². The minimum atomic E-state index is -0.703. The largest absolute Gasteiger partial charge is 0.496 e. The van der Waals surface area contributed by atoms with E-state index in [0.29, 0.717) is 23.0 Å².